The number of ether oxygens (including phenoxy) is 1. The van der Waals surface area contributed by atoms with Crippen LogP contribution in [0.5, 0.6) is 0 Å². The lowest BCUT2D eigenvalue weighted by molar-refractivity contribution is -0.136. The maximum absolute atomic E-state index is 13.9. The average molecular weight is 493 g/mol. The molecule has 0 bridgehead atoms. The number of urea groups is 1. The zero-order valence-electron chi connectivity index (χ0n) is 19.9. The maximum atomic E-state index is 13.9. The fourth-order valence-corrected chi connectivity index (χ4v) is 5.39. The van der Waals surface area contributed by atoms with Crippen LogP contribution >= 0.6 is 0 Å². The lowest BCUT2D eigenvalue weighted by Crippen LogP contribution is -2.54. The van der Waals surface area contributed by atoms with E-state index in [-0.39, 0.29) is 36.2 Å². The van der Waals surface area contributed by atoms with Gasteiger partial charge < -0.3 is 15.0 Å². The Balaban J connectivity index is 1.31. The number of halogens is 1. The van der Waals surface area contributed by atoms with Crippen molar-refractivity contribution in [1.82, 2.24) is 20.1 Å². The monoisotopic (exact) mass is 492 g/mol. The minimum atomic E-state index is -1.27. The van der Waals surface area contributed by atoms with Crippen LogP contribution in [0.15, 0.2) is 54.7 Å². The number of aromatic nitrogens is 1. The van der Waals surface area contributed by atoms with Gasteiger partial charge in [0.2, 0.25) is 5.91 Å². The number of benzene rings is 1. The Morgan fingerprint density at radius 1 is 1.14 bits per heavy atom. The summed E-state index contributed by atoms with van der Waals surface area (Å²) in [6.45, 7) is 1.76. The molecule has 2 atom stereocenters. The summed E-state index contributed by atoms with van der Waals surface area (Å²) in [5, 5.41) is 2.99. The highest BCUT2D eigenvalue weighted by Gasteiger charge is 2.58. The second-order valence-electron chi connectivity index (χ2n) is 9.49. The molecule has 5 rings (SSSR count). The highest BCUT2D eigenvalue weighted by Crippen LogP contribution is 2.41. The minimum absolute atomic E-state index is 0.147. The fourth-order valence-electron chi connectivity index (χ4n) is 5.39. The van der Waals surface area contributed by atoms with Gasteiger partial charge in [0.05, 0.1) is 18.3 Å². The van der Waals surface area contributed by atoms with Crippen molar-refractivity contribution in [3.63, 3.8) is 0 Å². The molecule has 0 spiro atoms. The Morgan fingerprint density at radius 3 is 2.58 bits per heavy atom. The summed E-state index contributed by atoms with van der Waals surface area (Å²) in [5.41, 5.74) is -0.0192. The standard InChI is InChI=1S/C27H29FN4O4/c28-21-9-6-19(7-10-21)8-11-24(33)31-15-12-20(13-16-31)27(23-5-1-2-14-29-23)25(34)32(26(35)30-27)18-22-4-3-17-36-22/h1-2,5-11,14,20,22H,3-4,12-13,15-18H2,(H,30,35). The molecule has 1 aromatic heterocycles. The predicted molar refractivity (Wildman–Crippen MR) is 130 cm³/mol. The van der Waals surface area contributed by atoms with Crippen LogP contribution in [0.1, 0.15) is 36.9 Å². The Hall–Kier alpha value is -3.59. The topological polar surface area (TPSA) is 91.8 Å². The number of pyridine rings is 1. The third kappa shape index (κ3) is 4.63. The first-order chi connectivity index (χ1) is 17.5. The van der Waals surface area contributed by atoms with E-state index >= 15 is 0 Å². The molecule has 0 aliphatic carbocycles. The molecule has 1 N–H and O–H groups in total. The fraction of sp³-hybridized carbons (Fsp3) is 0.407. The number of nitrogens with zero attached hydrogens (tertiary/aromatic N) is 3. The first-order valence-electron chi connectivity index (χ1n) is 12.4. The number of hydrogen-bond acceptors (Lipinski definition) is 5. The van der Waals surface area contributed by atoms with Crippen molar-refractivity contribution in [3.05, 3.63) is 71.8 Å². The summed E-state index contributed by atoms with van der Waals surface area (Å²) < 4.78 is 18.8. The highest BCUT2D eigenvalue weighted by atomic mass is 19.1. The van der Waals surface area contributed by atoms with Crippen LogP contribution in [-0.4, -0.2) is 65.0 Å². The molecular formula is C27H29FN4O4. The number of carbonyl (C=O) groups is 3. The Bertz CT molecular complexity index is 1140. The molecule has 3 aliphatic rings. The summed E-state index contributed by atoms with van der Waals surface area (Å²) in [6, 6.07) is 10.8. The van der Waals surface area contributed by atoms with Gasteiger partial charge in [-0.05, 0) is 61.6 Å². The van der Waals surface area contributed by atoms with E-state index in [1.54, 1.807) is 41.4 Å². The second kappa shape index (κ2) is 10.2. The molecule has 0 radical (unpaired) electrons. The number of nitrogens with one attached hydrogen (secondary N) is 1. The van der Waals surface area contributed by atoms with Gasteiger partial charge in [0.1, 0.15) is 5.82 Å². The molecule has 8 nitrogen and oxygen atoms in total. The van der Waals surface area contributed by atoms with Gasteiger partial charge in [0.25, 0.3) is 5.91 Å². The number of imide groups is 1. The molecule has 3 saturated heterocycles. The molecule has 36 heavy (non-hydrogen) atoms. The zero-order valence-corrected chi connectivity index (χ0v) is 19.9. The summed E-state index contributed by atoms with van der Waals surface area (Å²) in [5.74, 6) is -0.997. The number of hydrogen-bond donors (Lipinski definition) is 1. The van der Waals surface area contributed by atoms with Crippen molar-refractivity contribution < 1.29 is 23.5 Å². The van der Waals surface area contributed by atoms with Crippen LogP contribution in [0, 0.1) is 11.7 Å². The van der Waals surface area contributed by atoms with Gasteiger partial charge in [-0.25, -0.2) is 9.18 Å². The summed E-state index contributed by atoms with van der Waals surface area (Å²) in [6.07, 6.45) is 7.42. The maximum Gasteiger partial charge on any atom is 0.325 e. The molecule has 2 unspecified atom stereocenters. The normalized spacial score (nSPS) is 25.1. The van der Waals surface area contributed by atoms with Crippen molar-refractivity contribution in [2.45, 2.75) is 37.3 Å². The quantitative estimate of drug-likeness (QED) is 0.494. The van der Waals surface area contributed by atoms with E-state index in [1.165, 1.54) is 23.1 Å². The summed E-state index contributed by atoms with van der Waals surface area (Å²) in [4.78, 5) is 47.1. The van der Waals surface area contributed by atoms with Gasteiger partial charge in [-0.2, -0.15) is 0 Å². The molecule has 0 saturated carbocycles. The van der Waals surface area contributed by atoms with E-state index in [2.05, 4.69) is 10.3 Å². The summed E-state index contributed by atoms with van der Waals surface area (Å²) in [7, 11) is 0. The number of rotatable bonds is 6. The van der Waals surface area contributed by atoms with E-state index in [1.807, 2.05) is 6.07 Å². The number of piperidine rings is 1. The Labute approximate surface area is 209 Å². The van der Waals surface area contributed by atoms with Crippen molar-refractivity contribution in [3.8, 4) is 0 Å². The van der Waals surface area contributed by atoms with Gasteiger partial charge in [0.15, 0.2) is 5.54 Å². The van der Waals surface area contributed by atoms with E-state index in [4.69, 9.17) is 4.74 Å². The molecular weight excluding hydrogens is 463 g/mol. The van der Waals surface area contributed by atoms with E-state index in [0.29, 0.717) is 38.2 Å². The van der Waals surface area contributed by atoms with Gasteiger partial charge in [0, 0.05) is 37.9 Å². The van der Waals surface area contributed by atoms with Crippen molar-refractivity contribution >= 4 is 23.9 Å². The Morgan fingerprint density at radius 2 is 1.92 bits per heavy atom. The van der Waals surface area contributed by atoms with Crippen LogP contribution < -0.4 is 5.32 Å². The van der Waals surface area contributed by atoms with Crippen molar-refractivity contribution in [1.29, 1.82) is 0 Å². The molecule has 3 fully saturated rings. The third-order valence-electron chi connectivity index (χ3n) is 7.32. The molecule has 2 aromatic rings. The van der Waals surface area contributed by atoms with E-state index in [0.717, 1.165) is 18.4 Å². The SMILES string of the molecule is O=C(C=Cc1ccc(F)cc1)N1CCC(C2(c3ccccn3)NC(=O)N(CC3CCCO3)C2=O)CC1. The highest BCUT2D eigenvalue weighted by molar-refractivity contribution is 6.07. The first kappa shape index (κ1) is 24.1. The number of carbonyl (C=O) groups excluding carboxylic acids is 3. The first-order valence-corrected chi connectivity index (χ1v) is 12.4. The second-order valence-corrected chi connectivity index (χ2v) is 9.49. The summed E-state index contributed by atoms with van der Waals surface area (Å²) >= 11 is 0. The number of amides is 4. The minimum Gasteiger partial charge on any atom is -0.376 e. The lowest BCUT2D eigenvalue weighted by Gasteiger charge is -2.40. The van der Waals surface area contributed by atoms with Gasteiger partial charge in [-0.3, -0.25) is 19.5 Å². The van der Waals surface area contributed by atoms with Gasteiger partial charge in [-0.1, -0.05) is 18.2 Å². The smallest absolute Gasteiger partial charge is 0.325 e. The van der Waals surface area contributed by atoms with Crippen LogP contribution in [0.25, 0.3) is 6.08 Å². The molecule has 9 heteroatoms. The van der Waals surface area contributed by atoms with Gasteiger partial charge in [-0.15, -0.1) is 0 Å². The van der Waals surface area contributed by atoms with Crippen molar-refractivity contribution in [2.24, 2.45) is 5.92 Å². The molecule has 4 amide bonds. The van der Waals surface area contributed by atoms with Crippen LogP contribution in [-0.2, 0) is 19.9 Å². The van der Waals surface area contributed by atoms with Crippen LogP contribution in [0.4, 0.5) is 9.18 Å². The molecule has 4 heterocycles. The van der Waals surface area contributed by atoms with E-state index < -0.39 is 11.6 Å². The lowest BCUT2D eigenvalue weighted by atomic mass is 9.75. The third-order valence-corrected chi connectivity index (χ3v) is 7.32. The molecule has 3 aliphatic heterocycles. The Kier molecular flexibility index (Phi) is 6.82. The average Bonchev–Trinajstić information content (AvgIpc) is 3.51. The molecule has 188 valence electrons. The largest absolute Gasteiger partial charge is 0.376 e. The van der Waals surface area contributed by atoms with Crippen LogP contribution in [0.3, 0.4) is 0 Å². The van der Waals surface area contributed by atoms with E-state index in [9.17, 15) is 18.8 Å². The van der Waals surface area contributed by atoms with Crippen LogP contribution in [0.2, 0.25) is 0 Å². The number of likely N-dealkylation sites (tertiary alicyclic amines) is 1. The van der Waals surface area contributed by atoms with Gasteiger partial charge >= 0.3 is 6.03 Å². The predicted octanol–water partition coefficient (Wildman–Crippen LogP) is 3.10. The van der Waals surface area contributed by atoms with Crippen molar-refractivity contribution in [2.75, 3.05) is 26.2 Å². The molecule has 1 aromatic carbocycles. The zero-order chi connectivity index (χ0) is 25.1.